The van der Waals surface area contributed by atoms with Gasteiger partial charge in [0.05, 0.1) is 0 Å². The van der Waals surface area contributed by atoms with E-state index in [9.17, 15) is 14.4 Å². The molecule has 0 saturated carbocycles. The second-order valence-corrected chi connectivity index (χ2v) is 17.7. The first-order valence-electron chi connectivity index (χ1n) is 27.7. The standard InChI is InChI=1S/C63H100O6/c1-4-7-10-13-16-19-22-25-28-31-34-37-40-43-46-49-52-55-61(64)67-58-60(69-63(66)57-54-51-48-45-42-39-36-33-30-27-24-21-18-15-12-9-6-3)59-68-62(65)56-53-50-47-44-41-38-35-32-29-26-23-20-17-14-11-8-5-2/h7-12,16-21,25-30,34,36-37,39,60H,4-6,13-15,22-24,31-33,35,38,40-59H2,1-3H3/b10-7-,11-8-,12-9-,19-16-,20-17-,21-18-,28-25-,29-26-,30-27-,37-34-,39-36-. The van der Waals surface area contributed by atoms with Gasteiger partial charge in [0.15, 0.2) is 6.10 Å². The fraction of sp³-hybridized carbons (Fsp3) is 0.603. The van der Waals surface area contributed by atoms with E-state index < -0.39 is 6.10 Å². The number of hydrogen-bond acceptors (Lipinski definition) is 6. The molecule has 0 aliphatic carbocycles. The molecule has 388 valence electrons. The predicted molar refractivity (Wildman–Crippen MR) is 297 cm³/mol. The number of rotatable bonds is 48. The monoisotopic (exact) mass is 953 g/mol. The summed E-state index contributed by atoms with van der Waals surface area (Å²) in [5.74, 6) is -0.969. The molecule has 6 heteroatoms. The van der Waals surface area contributed by atoms with Crippen LogP contribution in [-0.4, -0.2) is 37.2 Å². The van der Waals surface area contributed by atoms with Crippen molar-refractivity contribution in [3.63, 3.8) is 0 Å². The predicted octanol–water partition coefficient (Wildman–Crippen LogP) is 18.6. The van der Waals surface area contributed by atoms with E-state index in [1.165, 1.54) is 25.7 Å². The van der Waals surface area contributed by atoms with Crippen molar-refractivity contribution in [1.29, 1.82) is 0 Å². The first kappa shape index (κ1) is 64.5. The Morgan fingerprint density at radius 3 is 0.812 bits per heavy atom. The highest BCUT2D eigenvalue weighted by Crippen LogP contribution is 2.13. The van der Waals surface area contributed by atoms with Gasteiger partial charge in [0.2, 0.25) is 0 Å². The second-order valence-electron chi connectivity index (χ2n) is 17.7. The van der Waals surface area contributed by atoms with Crippen LogP contribution in [0.15, 0.2) is 134 Å². The smallest absolute Gasteiger partial charge is 0.306 e. The van der Waals surface area contributed by atoms with Gasteiger partial charge in [-0.05, 0) is 128 Å². The minimum Gasteiger partial charge on any atom is -0.462 e. The lowest BCUT2D eigenvalue weighted by atomic mass is 10.1. The van der Waals surface area contributed by atoms with Gasteiger partial charge in [-0.25, -0.2) is 0 Å². The molecule has 0 heterocycles. The van der Waals surface area contributed by atoms with Crippen LogP contribution in [0.3, 0.4) is 0 Å². The molecule has 69 heavy (non-hydrogen) atoms. The fourth-order valence-corrected chi connectivity index (χ4v) is 7.08. The van der Waals surface area contributed by atoms with E-state index in [4.69, 9.17) is 14.2 Å². The molecule has 0 radical (unpaired) electrons. The largest absolute Gasteiger partial charge is 0.462 e. The number of carbonyl (C=O) groups excluding carboxylic acids is 3. The van der Waals surface area contributed by atoms with Gasteiger partial charge < -0.3 is 14.2 Å². The Balaban J connectivity index is 4.52. The van der Waals surface area contributed by atoms with Crippen LogP contribution in [0.4, 0.5) is 0 Å². The highest BCUT2D eigenvalue weighted by atomic mass is 16.6. The maximum atomic E-state index is 12.8. The number of hydrogen-bond donors (Lipinski definition) is 0. The second kappa shape index (κ2) is 56.1. The summed E-state index contributed by atoms with van der Waals surface area (Å²) in [5, 5.41) is 0. The van der Waals surface area contributed by atoms with Crippen LogP contribution in [0.5, 0.6) is 0 Å². The van der Waals surface area contributed by atoms with Gasteiger partial charge in [0.1, 0.15) is 13.2 Å². The van der Waals surface area contributed by atoms with Crippen molar-refractivity contribution in [2.45, 2.75) is 232 Å². The third kappa shape index (κ3) is 54.4. The Morgan fingerprint density at radius 2 is 0.522 bits per heavy atom. The van der Waals surface area contributed by atoms with Gasteiger partial charge in [-0.1, -0.05) is 212 Å². The molecule has 6 nitrogen and oxygen atoms in total. The molecule has 0 aromatic carbocycles. The normalized spacial score (nSPS) is 13.1. The number of allylic oxidation sites excluding steroid dienone is 22. The molecular formula is C63H100O6. The van der Waals surface area contributed by atoms with Gasteiger partial charge >= 0.3 is 17.9 Å². The number of ether oxygens (including phenoxy) is 3. The van der Waals surface area contributed by atoms with Crippen LogP contribution in [0.25, 0.3) is 0 Å². The fourth-order valence-electron chi connectivity index (χ4n) is 7.08. The zero-order valence-electron chi connectivity index (χ0n) is 44.3. The molecule has 0 rings (SSSR count). The van der Waals surface area contributed by atoms with Gasteiger partial charge in [0, 0.05) is 19.3 Å². The summed E-state index contributed by atoms with van der Waals surface area (Å²) in [6, 6.07) is 0. The Labute approximate surface area is 424 Å². The minimum absolute atomic E-state index is 0.106. The van der Waals surface area contributed by atoms with Crippen molar-refractivity contribution in [2.75, 3.05) is 13.2 Å². The van der Waals surface area contributed by atoms with E-state index in [1.54, 1.807) is 0 Å². The van der Waals surface area contributed by atoms with Crippen LogP contribution >= 0.6 is 0 Å². The first-order chi connectivity index (χ1) is 34.0. The molecule has 0 N–H and O–H groups in total. The third-order valence-corrected chi connectivity index (χ3v) is 11.1. The molecule has 0 amide bonds. The summed E-state index contributed by atoms with van der Waals surface area (Å²) in [6.45, 7) is 6.24. The molecule has 0 fully saturated rings. The summed E-state index contributed by atoms with van der Waals surface area (Å²) in [6.07, 6.45) is 78.6. The van der Waals surface area contributed by atoms with Crippen molar-refractivity contribution in [3.05, 3.63) is 134 Å². The van der Waals surface area contributed by atoms with Crippen LogP contribution in [0.1, 0.15) is 226 Å². The van der Waals surface area contributed by atoms with Crippen molar-refractivity contribution >= 4 is 17.9 Å². The van der Waals surface area contributed by atoms with E-state index in [0.717, 1.165) is 161 Å². The molecular weight excluding hydrogens is 853 g/mol. The van der Waals surface area contributed by atoms with Crippen molar-refractivity contribution in [1.82, 2.24) is 0 Å². The number of unbranched alkanes of at least 4 members (excludes halogenated alkanes) is 15. The maximum absolute atomic E-state index is 12.8. The summed E-state index contributed by atoms with van der Waals surface area (Å²) in [7, 11) is 0. The summed E-state index contributed by atoms with van der Waals surface area (Å²) in [4.78, 5) is 38.1. The molecule has 1 atom stereocenters. The summed E-state index contributed by atoms with van der Waals surface area (Å²) < 4.78 is 16.8. The SMILES string of the molecule is CC/C=C\C/C=C\C/C=C\C/C=C\CCCCCCC(=O)OCC(COC(=O)CCCCCCCCC/C=C\C/C=C\C/C=C\CC)OC(=O)CCCCCC/C=C\C/C=C\C/C=C\C/C=C\CC. The first-order valence-corrected chi connectivity index (χ1v) is 27.7. The molecule has 0 spiro atoms. The van der Waals surface area contributed by atoms with E-state index in [-0.39, 0.29) is 37.5 Å². The Bertz CT molecular complexity index is 1510. The van der Waals surface area contributed by atoms with Crippen molar-refractivity contribution in [3.8, 4) is 0 Å². The van der Waals surface area contributed by atoms with Gasteiger partial charge in [-0.2, -0.15) is 0 Å². The molecule has 0 saturated heterocycles. The van der Waals surface area contributed by atoms with Gasteiger partial charge in [-0.15, -0.1) is 0 Å². The van der Waals surface area contributed by atoms with Gasteiger partial charge in [-0.3, -0.25) is 14.4 Å². The lowest BCUT2D eigenvalue weighted by Crippen LogP contribution is -2.30. The van der Waals surface area contributed by atoms with E-state index in [1.807, 2.05) is 0 Å². The Hall–Kier alpha value is -4.45. The highest BCUT2D eigenvalue weighted by Gasteiger charge is 2.19. The molecule has 1 unspecified atom stereocenters. The van der Waals surface area contributed by atoms with Crippen LogP contribution in [-0.2, 0) is 28.6 Å². The maximum Gasteiger partial charge on any atom is 0.306 e. The molecule has 0 aliphatic rings. The van der Waals surface area contributed by atoms with Crippen LogP contribution < -0.4 is 0 Å². The average Bonchev–Trinajstić information content (AvgIpc) is 3.35. The van der Waals surface area contributed by atoms with E-state index in [0.29, 0.717) is 12.8 Å². The Kier molecular flexibility index (Phi) is 52.5. The van der Waals surface area contributed by atoms with Crippen LogP contribution in [0.2, 0.25) is 0 Å². The third-order valence-electron chi connectivity index (χ3n) is 11.1. The quantitative estimate of drug-likeness (QED) is 0.0262. The zero-order chi connectivity index (χ0) is 50.0. The minimum atomic E-state index is -0.811. The molecule has 0 bridgehead atoms. The number of esters is 3. The average molecular weight is 953 g/mol. The molecule has 0 aromatic rings. The van der Waals surface area contributed by atoms with Crippen LogP contribution in [0, 0.1) is 0 Å². The van der Waals surface area contributed by atoms with Gasteiger partial charge in [0.25, 0.3) is 0 Å². The lowest BCUT2D eigenvalue weighted by molar-refractivity contribution is -0.167. The number of carbonyl (C=O) groups is 3. The highest BCUT2D eigenvalue weighted by molar-refractivity contribution is 5.71. The van der Waals surface area contributed by atoms with Crippen molar-refractivity contribution in [2.24, 2.45) is 0 Å². The van der Waals surface area contributed by atoms with Crippen molar-refractivity contribution < 1.29 is 28.6 Å². The Morgan fingerprint density at radius 1 is 0.290 bits per heavy atom. The molecule has 0 aliphatic heterocycles. The lowest BCUT2D eigenvalue weighted by Gasteiger charge is -2.18. The summed E-state index contributed by atoms with van der Waals surface area (Å²) >= 11 is 0. The molecule has 0 aromatic heterocycles. The summed E-state index contributed by atoms with van der Waals surface area (Å²) in [5.41, 5.74) is 0. The zero-order valence-corrected chi connectivity index (χ0v) is 44.3. The topological polar surface area (TPSA) is 78.9 Å². The van der Waals surface area contributed by atoms with E-state index >= 15 is 0 Å². The van der Waals surface area contributed by atoms with E-state index in [2.05, 4.69) is 154 Å².